The van der Waals surface area contributed by atoms with Gasteiger partial charge in [-0.1, -0.05) is 6.42 Å². The van der Waals surface area contributed by atoms with Crippen molar-refractivity contribution in [3.63, 3.8) is 0 Å². The molecule has 0 aromatic heterocycles. The van der Waals surface area contributed by atoms with Gasteiger partial charge in [0.2, 0.25) is 0 Å². The Balaban J connectivity index is 1.77. The molecule has 4 heteroatoms. The molecule has 0 amide bonds. The van der Waals surface area contributed by atoms with Crippen LogP contribution in [0.4, 0.5) is 8.78 Å². The second kappa shape index (κ2) is 5.96. The lowest BCUT2D eigenvalue weighted by molar-refractivity contribution is 0.258. The van der Waals surface area contributed by atoms with Crippen LogP contribution in [-0.2, 0) is 0 Å². The Bertz CT molecular complexity index is 364. The first-order valence-electron chi connectivity index (χ1n) is 6.07. The zero-order valence-electron chi connectivity index (χ0n) is 9.72. The molecule has 0 aliphatic carbocycles. The fourth-order valence-corrected chi connectivity index (χ4v) is 2.07. The lowest BCUT2D eigenvalue weighted by Crippen LogP contribution is -2.35. The van der Waals surface area contributed by atoms with Gasteiger partial charge in [0.05, 0.1) is 6.61 Å². The van der Waals surface area contributed by atoms with Gasteiger partial charge in [0, 0.05) is 12.1 Å². The Hall–Kier alpha value is -1.16. The molecule has 1 aromatic rings. The first-order valence-corrected chi connectivity index (χ1v) is 6.07. The van der Waals surface area contributed by atoms with E-state index in [0.29, 0.717) is 12.6 Å². The lowest BCUT2D eigenvalue weighted by Gasteiger charge is -2.23. The monoisotopic (exact) mass is 241 g/mol. The van der Waals surface area contributed by atoms with Crippen LogP contribution >= 0.6 is 0 Å². The van der Waals surface area contributed by atoms with Crippen LogP contribution in [-0.4, -0.2) is 19.2 Å². The van der Waals surface area contributed by atoms with Gasteiger partial charge in [-0.2, -0.15) is 0 Å². The third-order valence-corrected chi connectivity index (χ3v) is 3.03. The average Bonchev–Trinajstić information content (AvgIpc) is 2.33. The largest absolute Gasteiger partial charge is 0.490 e. The van der Waals surface area contributed by atoms with Gasteiger partial charge >= 0.3 is 0 Å². The minimum absolute atomic E-state index is 0.127. The van der Waals surface area contributed by atoms with Crippen LogP contribution in [0.25, 0.3) is 0 Å². The highest BCUT2D eigenvalue weighted by Crippen LogP contribution is 2.18. The van der Waals surface area contributed by atoms with E-state index in [1.54, 1.807) is 0 Å². The molecular formula is C13H17F2NO. The smallest absolute Gasteiger partial charge is 0.167 e. The molecule has 17 heavy (non-hydrogen) atoms. The highest BCUT2D eigenvalue weighted by Gasteiger charge is 2.12. The predicted molar refractivity (Wildman–Crippen MR) is 62.1 cm³/mol. The van der Waals surface area contributed by atoms with Crippen molar-refractivity contribution in [3.8, 4) is 5.75 Å². The number of hydrogen-bond acceptors (Lipinski definition) is 2. The van der Waals surface area contributed by atoms with E-state index >= 15 is 0 Å². The quantitative estimate of drug-likeness (QED) is 0.875. The molecule has 2 rings (SSSR count). The van der Waals surface area contributed by atoms with Gasteiger partial charge in [-0.3, -0.25) is 0 Å². The molecule has 0 radical (unpaired) electrons. The maximum atomic E-state index is 13.2. The van der Waals surface area contributed by atoms with E-state index in [0.717, 1.165) is 25.5 Å². The highest BCUT2D eigenvalue weighted by molar-refractivity contribution is 5.24. The molecule has 0 unspecified atom stereocenters. The number of halogens is 2. The van der Waals surface area contributed by atoms with Crippen molar-refractivity contribution >= 4 is 0 Å². The molecule has 1 aliphatic heterocycles. The zero-order valence-corrected chi connectivity index (χ0v) is 9.72. The van der Waals surface area contributed by atoms with Crippen molar-refractivity contribution in [1.29, 1.82) is 0 Å². The van der Waals surface area contributed by atoms with Crippen LogP contribution in [0, 0.1) is 11.6 Å². The second-order valence-electron chi connectivity index (χ2n) is 4.36. The van der Waals surface area contributed by atoms with E-state index in [4.69, 9.17) is 4.74 Å². The van der Waals surface area contributed by atoms with Crippen molar-refractivity contribution in [3.05, 3.63) is 29.8 Å². The number of piperidine rings is 1. The van der Waals surface area contributed by atoms with Gasteiger partial charge in [0.25, 0.3) is 0 Å². The normalized spacial score (nSPS) is 20.2. The summed E-state index contributed by atoms with van der Waals surface area (Å²) in [7, 11) is 0. The number of ether oxygens (including phenoxy) is 1. The predicted octanol–water partition coefficient (Wildman–Crippen LogP) is 2.88. The van der Waals surface area contributed by atoms with Crippen LogP contribution in [0.1, 0.15) is 25.7 Å². The summed E-state index contributed by atoms with van der Waals surface area (Å²) < 4.78 is 31.2. The highest BCUT2D eigenvalue weighted by atomic mass is 19.1. The summed E-state index contributed by atoms with van der Waals surface area (Å²) in [4.78, 5) is 0. The molecule has 0 saturated carbocycles. The molecular weight excluding hydrogens is 224 g/mol. The van der Waals surface area contributed by atoms with E-state index in [9.17, 15) is 8.78 Å². The third-order valence-electron chi connectivity index (χ3n) is 3.03. The van der Waals surface area contributed by atoms with Gasteiger partial charge in [0.1, 0.15) is 5.82 Å². The fraction of sp³-hybridized carbons (Fsp3) is 0.538. The second-order valence-corrected chi connectivity index (χ2v) is 4.36. The topological polar surface area (TPSA) is 21.3 Å². The lowest BCUT2D eigenvalue weighted by atomic mass is 10.0. The molecule has 1 aliphatic rings. The summed E-state index contributed by atoms with van der Waals surface area (Å²) in [6.07, 6.45) is 4.47. The van der Waals surface area contributed by atoms with Gasteiger partial charge in [-0.15, -0.1) is 0 Å². The molecule has 1 aromatic carbocycles. The summed E-state index contributed by atoms with van der Waals surface area (Å²) in [5, 5.41) is 3.40. The summed E-state index contributed by atoms with van der Waals surface area (Å²) >= 11 is 0. The van der Waals surface area contributed by atoms with Crippen molar-refractivity contribution in [1.82, 2.24) is 5.32 Å². The number of benzene rings is 1. The molecule has 94 valence electrons. The van der Waals surface area contributed by atoms with E-state index < -0.39 is 11.6 Å². The van der Waals surface area contributed by atoms with Crippen molar-refractivity contribution < 1.29 is 13.5 Å². The number of rotatable bonds is 4. The molecule has 1 N–H and O–H groups in total. The molecule has 1 fully saturated rings. The van der Waals surface area contributed by atoms with Crippen LogP contribution in [0.2, 0.25) is 0 Å². The number of nitrogens with one attached hydrogen (secondary N) is 1. The van der Waals surface area contributed by atoms with E-state index in [1.807, 2.05) is 0 Å². The molecule has 1 saturated heterocycles. The van der Waals surface area contributed by atoms with E-state index in [1.165, 1.54) is 25.0 Å². The maximum Gasteiger partial charge on any atom is 0.167 e. The summed E-state index contributed by atoms with van der Waals surface area (Å²) in [5.74, 6) is -1.09. The van der Waals surface area contributed by atoms with Gasteiger partial charge in [-0.25, -0.2) is 8.78 Å². The minimum atomic E-state index is -0.637. The van der Waals surface area contributed by atoms with Crippen molar-refractivity contribution in [2.45, 2.75) is 31.7 Å². The van der Waals surface area contributed by atoms with Crippen LogP contribution in [0.15, 0.2) is 18.2 Å². The minimum Gasteiger partial charge on any atom is -0.490 e. The van der Waals surface area contributed by atoms with E-state index in [2.05, 4.69) is 5.32 Å². The van der Waals surface area contributed by atoms with Gasteiger partial charge in [0.15, 0.2) is 11.6 Å². The van der Waals surface area contributed by atoms with Crippen LogP contribution in [0.5, 0.6) is 5.75 Å². The standard InChI is InChI=1S/C13H17F2NO/c14-10-4-5-13(12(15)9-10)17-8-6-11-3-1-2-7-16-11/h4-5,9,11,16H,1-3,6-8H2/t11-/m0/s1. The third kappa shape index (κ3) is 3.66. The molecule has 0 bridgehead atoms. The summed E-state index contributed by atoms with van der Waals surface area (Å²) in [6, 6.07) is 3.84. The van der Waals surface area contributed by atoms with Crippen LogP contribution in [0.3, 0.4) is 0 Å². The Morgan fingerprint density at radius 2 is 2.18 bits per heavy atom. The molecule has 0 spiro atoms. The van der Waals surface area contributed by atoms with Crippen LogP contribution < -0.4 is 10.1 Å². The maximum absolute atomic E-state index is 13.2. The Morgan fingerprint density at radius 1 is 1.29 bits per heavy atom. The average molecular weight is 241 g/mol. The molecule has 2 nitrogen and oxygen atoms in total. The first-order chi connectivity index (χ1) is 8.25. The fourth-order valence-electron chi connectivity index (χ4n) is 2.07. The molecule has 1 atom stereocenters. The Labute approximate surface area is 100.0 Å². The van der Waals surface area contributed by atoms with Crippen molar-refractivity contribution in [2.24, 2.45) is 0 Å². The molecule has 1 heterocycles. The SMILES string of the molecule is Fc1ccc(OCC[C@@H]2CCCCN2)c(F)c1. The first kappa shape index (κ1) is 12.3. The van der Waals surface area contributed by atoms with Gasteiger partial charge in [-0.05, 0) is 37.9 Å². The summed E-state index contributed by atoms with van der Waals surface area (Å²) in [5.41, 5.74) is 0. The van der Waals surface area contributed by atoms with Gasteiger partial charge < -0.3 is 10.1 Å². The van der Waals surface area contributed by atoms with Crippen molar-refractivity contribution in [2.75, 3.05) is 13.2 Å². The van der Waals surface area contributed by atoms with E-state index in [-0.39, 0.29) is 5.75 Å². The zero-order chi connectivity index (χ0) is 12.1. The Morgan fingerprint density at radius 3 is 2.88 bits per heavy atom. The Kier molecular flexibility index (Phi) is 4.31. The number of hydrogen-bond donors (Lipinski definition) is 1. The summed E-state index contributed by atoms with van der Waals surface area (Å²) in [6.45, 7) is 1.51.